The lowest BCUT2D eigenvalue weighted by molar-refractivity contribution is 0.385. The molecule has 18 heavy (non-hydrogen) atoms. The second-order valence-corrected chi connectivity index (χ2v) is 5.12. The Morgan fingerprint density at radius 3 is 2.89 bits per heavy atom. The Bertz CT molecular complexity index is 542. The average molecular weight is 266 g/mol. The van der Waals surface area contributed by atoms with Crippen molar-refractivity contribution in [1.82, 2.24) is 4.98 Å². The normalized spacial score (nSPS) is 12.4. The highest BCUT2D eigenvalue weighted by molar-refractivity contribution is 7.09. The Labute approximate surface area is 109 Å². The summed E-state index contributed by atoms with van der Waals surface area (Å²) < 4.78 is 18.2. The van der Waals surface area contributed by atoms with E-state index in [2.05, 4.69) is 4.98 Å². The summed E-state index contributed by atoms with van der Waals surface area (Å²) in [5.74, 6) is -0.157. The molecule has 5 heteroatoms. The number of nitrogens with two attached hydrogens (primary N) is 1. The van der Waals surface area contributed by atoms with Crippen LogP contribution in [0.5, 0.6) is 5.75 Å². The highest BCUT2D eigenvalue weighted by atomic mass is 32.1. The van der Waals surface area contributed by atoms with Crippen molar-refractivity contribution in [2.75, 3.05) is 7.11 Å². The third kappa shape index (κ3) is 2.86. The molecule has 0 spiro atoms. The smallest absolute Gasteiger partial charge is 0.165 e. The first-order valence-corrected chi connectivity index (χ1v) is 6.48. The number of ether oxygens (including phenoxy) is 1. The number of rotatable bonds is 4. The molecule has 0 aliphatic carbocycles. The molecule has 2 rings (SSSR count). The molecule has 3 nitrogen and oxygen atoms in total. The molecule has 0 aliphatic heterocycles. The maximum absolute atomic E-state index is 13.3. The molecule has 0 aliphatic rings. The van der Waals surface area contributed by atoms with Crippen LogP contribution in [0.1, 0.15) is 22.3 Å². The van der Waals surface area contributed by atoms with Crippen LogP contribution in [-0.4, -0.2) is 12.1 Å². The predicted molar refractivity (Wildman–Crippen MR) is 70.4 cm³/mol. The lowest BCUT2D eigenvalue weighted by Gasteiger charge is -2.12. The largest absolute Gasteiger partial charge is 0.494 e. The van der Waals surface area contributed by atoms with Crippen molar-refractivity contribution < 1.29 is 9.13 Å². The summed E-state index contributed by atoms with van der Waals surface area (Å²) in [6.07, 6.45) is 0.638. The van der Waals surface area contributed by atoms with Crippen LogP contribution in [0.15, 0.2) is 23.6 Å². The van der Waals surface area contributed by atoms with Crippen LogP contribution in [0.3, 0.4) is 0 Å². The maximum atomic E-state index is 13.3. The lowest BCUT2D eigenvalue weighted by atomic mass is 10.0. The van der Waals surface area contributed by atoms with Crippen LogP contribution in [0.25, 0.3) is 0 Å². The fraction of sp³-hybridized carbons (Fsp3) is 0.308. The van der Waals surface area contributed by atoms with E-state index in [1.807, 2.05) is 12.3 Å². The van der Waals surface area contributed by atoms with Crippen LogP contribution in [0, 0.1) is 12.7 Å². The van der Waals surface area contributed by atoms with Gasteiger partial charge in [-0.25, -0.2) is 9.37 Å². The van der Waals surface area contributed by atoms with E-state index in [1.54, 1.807) is 23.5 Å². The van der Waals surface area contributed by atoms with Crippen molar-refractivity contribution in [2.24, 2.45) is 5.73 Å². The van der Waals surface area contributed by atoms with E-state index in [9.17, 15) is 4.39 Å². The topological polar surface area (TPSA) is 48.1 Å². The van der Waals surface area contributed by atoms with Gasteiger partial charge in [0.1, 0.15) is 0 Å². The first kappa shape index (κ1) is 13.0. The fourth-order valence-electron chi connectivity index (χ4n) is 1.75. The van der Waals surface area contributed by atoms with Gasteiger partial charge in [0.15, 0.2) is 11.6 Å². The molecule has 0 bridgehead atoms. The average Bonchev–Trinajstić information content (AvgIpc) is 2.75. The molecule has 96 valence electrons. The molecule has 2 aromatic rings. The van der Waals surface area contributed by atoms with E-state index >= 15 is 0 Å². The number of nitrogens with zero attached hydrogens (tertiary/aromatic N) is 1. The molecular weight excluding hydrogens is 251 g/mol. The van der Waals surface area contributed by atoms with Crippen molar-refractivity contribution in [3.05, 3.63) is 45.7 Å². The minimum Gasteiger partial charge on any atom is -0.494 e. The number of hydrogen-bond acceptors (Lipinski definition) is 4. The minimum atomic E-state index is -0.377. The Hall–Kier alpha value is -1.46. The zero-order valence-corrected chi connectivity index (χ0v) is 11.1. The number of halogens is 1. The van der Waals surface area contributed by atoms with Crippen LogP contribution in [0.4, 0.5) is 4.39 Å². The summed E-state index contributed by atoms with van der Waals surface area (Å²) in [6, 6.07) is 4.49. The standard InChI is InChI=1S/C13H15FN2OS/c1-8-16-10(7-18-8)6-12(15)9-3-4-11(14)13(5-9)17-2/h3-5,7,12H,6,15H2,1-2H3. The molecule has 1 aromatic heterocycles. The summed E-state index contributed by atoms with van der Waals surface area (Å²) in [5.41, 5.74) is 7.91. The molecule has 0 saturated heterocycles. The second-order valence-electron chi connectivity index (χ2n) is 4.06. The van der Waals surface area contributed by atoms with E-state index < -0.39 is 0 Å². The van der Waals surface area contributed by atoms with E-state index in [1.165, 1.54) is 13.2 Å². The summed E-state index contributed by atoms with van der Waals surface area (Å²) >= 11 is 1.60. The molecular formula is C13H15FN2OS. The molecule has 0 amide bonds. The zero-order chi connectivity index (χ0) is 13.1. The van der Waals surface area contributed by atoms with Gasteiger partial charge >= 0.3 is 0 Å². The van der Waals surface area contributed by atoms with Gasteiger partial charge in [-0.15, -0.1) is 11.3 Å². The molecule has 0 saturated carbocycles. The number of benzene rings is 1. The Balaban J connectivity index is 2.15. The molecule has 1 atom stereocenters. The summed E-state index contributed by atoms with van der Waals surface area (Å²) in [5, 5.41) is 3.02. The van der Waals surface area contributed by atoms with Gasteiger partial charge in [-0.3, -0.25) is 0 Å². The predicted octanol–water partition coefficient (Wildman–Crippen LogP) is 2.84. The monoisotopic (exact) mass is 266 g/mol. The van der Waals surface area contributed by atoms with Crippen molar-refractivity contribution in [2.45, 2.75) is 19.4 Å². The number of aryl methyl sites for hydroxylation is 1. The van der Waals surface area contributed by atoms with Crippen LogP contribution in [-0.2, 0) is 6.42 Å². The van der Waals surface area contributed by atoms with Crippen LogP contribution < -0.4 is 10.5 Å². The zero-order valence-electron chi connectivity index (χ0n) is 10.3. The number of hydrogen-bond donors (Lipinski definition) is 1. The second kappa shape index (κ2) is 5.46. The lowest BCUT2D eigenvalue weighted by Crippen LogP contribution is -2.13. The number of thiazole rings is 1. The molecule has 1 aromatic carbocycles. The van der Waals surface area contributed by atoms with Gasteiger partial charge < -0.3 is 10.5 Å². The number of aromatic nitrogens is 1. The highest BCUT2D eigenvalue weighted by Gasteiger charge is 2.12. The first-order valence-electron chi connectivity index (χ1n) is 5.60. The Morgan fingerprint density at radius 1 is 1.50 bits per heavy atom. The van der Waals surface area contributed by atoms with E-state index in [0.717, 1.165) is 16.3 Å². The third-order valence-corrected chi connectivity index (χ3v) is 3.52. The third-order valence-electron chi connectivity index (χ3n) is 2.70. The quantitative estimate of drug-likeness (QED) is 0.925. The van der Waals surface area contributed by atoms with Gasteiger partial charge in [-0.2, -0.15) is 0 Å². The molecule has 2 N–H and O–H groups in total. The van der Waals surface area contributed by atoms with Crippen molar-refractivity contribution in [3.8, 4) is 5.75 Å². The van der Waals surface area contributed by atoms with Gasteiger partial charge in [0.2, 0.25) is 0 Å². The number of methoxy groups -OCH3 is 1. The van der Waals surface area contributed by atoms with E-state index in [4.69, 9.17) is 10.5 Å². The van der Waals surface area contributed by atoms with E-state index in [0.29, 0.717) is 6.42 Å². The van der Waals surface area contributed by atoms with Gasteiger partial charge in [-0.1, -0.05) is 6.07 Å². The minimum absolute atomic E-state index is 0.207. The van der Waals surface area contributed by atoms with Crippen LogP contribution >= 0.6 is 11.3 Å². The van der Waals surface area contributed by atoms with Gasteiger partial charge in [0.05, 0.1) is 17.8 Å². The summed E-state index contributed by atoms with van der Waals surface area (Å²) in [6.45, 7) is 1.96. The van der Waals surface area contributed by atoms with Crippen molar-refractivity contribution in [1.29, 1.82) is 0 Å². The highest BCUT2D eigenvalue weighted by Crippen LogP contribution is 2.24. The summed E-state index contributed by atoms with van der Waals surface area (Å²) in [7, 11) is 1.44. The van der Waals surface area contributed by atoms with Gasteiger partial charge in [-0.05, 0) is 24.6 Å². The first-order chi connectivity index (χ1) is 8.60. The van der Waals surface area contributed by atoms with Crippen molar-refractivity contribution in [3.63, 3.8) is 0 Å². The molecule has 1 heterocycles. The van der Waals surface area contributed by atoms with Crippen LogP contribution in [0.2, 0.25) is 0 Å². The SMILES string of the molecule is COc1cc(C(N)Cc2csc(C)n2)ccc1F. The van der Waals surface area contributed by atoms with Crippen molar-refractivity contribution >= 4 is 11.3 Å². The molecule has 1 unspecified atom stereocenters. The van der Waals surface area contributed by atoms with Gasteiger partial charge in [0.25, 0.3) is 0 Å². The van der Waals surface area contributed by atoms with Gasteiger partial charge in [0, 0.05) is 17.8 Å². The molecule has 0 fully saturated rings. The Kier molecular flexibility index (Phi) is 3.93. The maximum Gasteiger partial charge on any atom is 0.165 e. The Morgan fingerprint density at radius 2 is 2.28 bits per heavy atom. The summed E-state index contributed by atoms with van der Waals surface area (Å²) in [4.78, 5) is 4.37. The molecule has 0 radical (unpaired) electrons. The van der Waals surface area contributed by atoms with E-state index in [-0.39, 0.29) is 17.6 Å². The fourth-order valence-corrected chi connectivity index (χ4v) is 2.38.